The number of aryl methyl sites for hydroxylation is 1. The second-order valence-electron chi connectivity index (χ2n) is 6.00. The average molecular weight is 275 g/mol. The molecule has 1 fully saturated rings. The van der Waals surface area contributed by atoms with E-state index in [9.17, 15) is 0 Å². The Hall–Kier alpha value is -0.860. The van der Waals surface area contributed by atoms with E-state index in [1.54, 1.807) is 0 Å². The van der Waals surface area contributed by atoms with E-state index in [-0.39, 0.29) is 5.60 Å². The van der Waals surface area contributed by atoms with Gasteiger partial charge in [0.15, 0.2) is 0 Å². The molecule has 0 bridgehead atoms. The fourth-order valence-electron chi connectivity index (χ4n) is 3.50. The summed E-state index contributed by atoms with van der Waals surface area (Å²) in [5, 5.41) is 3.69. The molecule has 1 atom stereocenters. The van der Waals surface area contributed by atoms with Crippen molar-refractivity contribution in [2.24, 2.45) is 0 Å². The van der Waals surface area contributed by atoms with Crippen LogP contribution < -0.4 is 5.32 Å². The summed E-state index contributed by atoms with van der Waals surface area (Å²) in [6, 6.07) is 9.36. The van der Waals surface area contributed by atoms with Crippen LogP contribution in [0.25, 0.3) is 0 Å². The van der Waals surface area contributed by atoms with Gasteiger partial charge in [0.05, 0.1) is 5.60 Å². The van der Waals surface area contributed by atoms with Crippen molar-refractivity contribution < 1.29 is 4.74 Å². The van der Waals surface area contributed by atoms with Crippen LogP contribution in [0.1, 0.15) is 50.7 Å². The first kappa shape index (κ1) is 15.5. The van der Waals surface area contributed by atoms with Crippen LogP contribution in [0.3, 0.4) is 0 Å². The molecular weight excluding hydrogens is 246 g/mol. The highest BCUT2D eigenvalue weighted by molar-refractivity contribution is 5.23. The summed E-state index contributed by atoms with van der Waals surface area (Å²) < 4.78 is 6.24. The monoisotopic (exact) mass is 275 g/mol. The van der Waals surface area contributed by atoms with E-state index in [0.717, 1.165) is 19.6 Å². The lowest BCUT2D eigenvalue weighted by molar-refractivity contribution is -0.0609. The zero-order valence-corrected chi connectivity index (χ0v) is 13.2. The van der Waals surface area contributed by atoms with E-state index < -0.39 is 0 Å². The van der Waals surface area contributed by atoms with Gasteiger partial charge in [-0.25, -0.2) is 0 Å². The van der Waals surface area contributed by atoms with Crippen LogP contribution in [0, 0.1) is 6.92 Å². The van der Waals surface area contributed by atoms with Gasteiger partial charge in [0.2, 0.25) is 0 Å². The maximum atomic E-state index is 6.24. The second kappa shape index (κ2) is 7.24. The fourth-order valence-corrected chi connectivity index (χ4v) is 3.50. The van der Waals surface area contributed by atoms with Crippen molar-refractivity contribution in [3.8, 4) is 0 Å². The van der Waals surface area contributed by atoms with Crippen molar-refractivity contribution in [1.82, 2.24) is 5.32 Å². The number of ether oxygens (including phenoxy) is 1. The molecule has 1 saturated carbocycles. The molecule has 20 heavy (non-hydrogen) atoms. The van der Waals surface area contributed by atoms with Gasteiger partial charge < -0.3 is 10.1 Å². The van der Waals surface area contributed by atoms with Crippen molar-refractivity contribution in [2.75, 3.05) is 13.2 Å². The quantitative estimate of drug-likeness (QED) is 0.815. The Morgan fingerprint density at radius 1 is 1.15 bits per heavy atom. The van der Waals surface area contributed by atoms with E-state index in [0.29, 0.717) is 6.04 Å². The third-order valence-corrected chi connectivity index (χ3v) is 4.53. The van der Waals surface area contributed by atoms with Crippen LogP contribution in [0.5, 0.6) is 0 Å². The van der Waals surface area contributed by atoms with Crippen LogP contribution in [0.4, 0.5) is 0 Å². The molecular formula is C18H29NO. The topological polar surface area (TPSA) is 21.3 Å². The molecule has 0 aromatic heterocycles. The summed E-state index contributed by atoms with van der Waals surface area (Å²) >= 11 is 0. The van der Waals surface area contributed by atoms with Crippen LogP contribution in [-0.4, -0.2) is 24.8 Å². The Morgan fingerprint density at radius 2 is 1.80 bits per heavy atom. The van der Waals surface area contributed by atoms with Crippen molar-refractivity contribution >= 4 is 0 Å². The Kier molecular flexibility index (Phi) is 5.62. The summed E-state index contributed by atoms with van der Waals surface area (Å²) in [4.78, 5) is 0. The van der Waals surface area contributed by atoms with E-state index >= 15 is 0 Å². The van der Waals surface area contributed by atoms with Gasteiger partial charge >= 0.3 is 0 Å². The highest BCUT2D eigenvalue weighted by Gasteiger charge is 2.41. The average Bonchev–Trinajstić information content (AvgIpc) is 2.91. The summed E-state index contributed by atoms with van der Waals surface area (Å²) in [5.41, 5.74) is 2.79. The molecule has 0 heterocycles. The number of benzene rings is 1. The van der Waals surface area contributed by atoms with Crippen LogP contribution in [-0.2, 0) is 11.2 Å². The van der Waals surface area contributed by atoms with Gasteiger partial charge in [-0.3, -0.25) is 0 Å². The summed E-state index contributed by atoms with van der Waals surface area (Å²) in [6.45, 7) is 8.27. The highest BCUT2D eigenvalue weighted by Crippen LogP contribution is 2.37. The second-order valence-corrected chi connectivity index (χ2v) is 6.00. The third kappa shape index (κ3) is 3.62. The lowest BCUT2D eigenvalue weighted by Crippen LogP contribution is -2.52. The minimum Gasteiger partial charge on any atom is -0.374 e. The molecule has 0 spiro atoms. The van der Waals surface area contributed by atoms with Crippen molar-refractivity contribution in [1.29, 1.82) is 0 Å². The SMILES string of the molecule is CCNC(Cc1ccc(C)cc1)C1(OCC)CCCC1. The Bertz CT molecular complexity index is 392. The molecule has 1 unspecified atom stereocenters. The highest BCUT2D eigenvalue weighted by atomic mass is 16.5. The normalized spacial score (nSPS) is 19.1. The Labute approximate surface area is 123 Å². The van der Waals surface area contributed by atoms with Gasteiger partial charge in [-0.15, -0.1) is 0 Å². The lowest BCUT2D eigenvalue weighted by Gasteiger charge is -2.38. The molecule has 2 heteroatoms. The van der Waals surface area contributed by atoms with E-state index in [1.165, 1.54) is 36.8 Å². The largest absolute Gasteiger partial charge is 0.374 e. The van der Waals surface area contributed by atoms with E-state index in [2.05, 4.69) is 50.4 Å². The number of rotatable bonds is 7. The molecule has 1 aliphatic carbocycles. The standard InChI is InChI=1S/C18H29NO/c1-4-19-17(14-16-10-8-15(3)9-11-16)18(20-5-2)12-6-7-13-18/h8-11,17,19H,4-7,12-14H2,1-3H3. The van der Waals surface area contributed by atoms with Gasteiger partial charge in [0, 0.05) is 12.6 Å². The zero-order valence-electron chi connectivity index (χ0n) is 13.2. The minimum absolute atomic E-state index is 0.0512. The molecule has 1 N–H and O–H groups in total. The van der Waals surface area contributed by atoms with Gasteiger partial charge in [-0.1, -0.05) is 49.6 Å². The molecule has 0 radical (unpaired) electrons. The molecule has 1 aromatic rings. The van der Waals surface area contributed by atoms with Gasteiger partial charge in [-0.2, -0.15) is 0 Å². The first-order valence-electron chi connectivity index (χ1n) is 8.13. The summed E-state index contributed by atoms with van der Waals surface area (Å²) in [7, 11) is 0. The first-order valence-corrected chi connectivity index (χ1v) is 8.13. The number of likely N-dealkylation sites (N-methyl/N-ethyl adjacent to an activating group) is 1. The maximum absolute atomic E-state index is 6.24. The van der Waals surface area contributed by atoms with Crippen molar-refractivity contribution in [2.45, 2.75) is 64.5 Å². The molecule has 2 nitrogen and oxygen atoms in total. The molecule has 0 amide bonds. The van der Waals surface area contributed by atoms with Gasteiger partial charge in [0.1, 0.15) is 0 Å². The van der Waals surface area contributed by atoms with Crippen LogP contribution in [0.2, 0.25) is 0 Å². The lowest BCUT2D eigenvalue weighted by atomic mass is 9.87. The molecule has 2 rings (SSSR count). The predicted molar refractivity (Wildman–Crippen MR) is 85.2 cm³/mol. The third-order valence-electron chi connectivity index (χ3n) is 4.53. The van der Waals surface area contributed by atoms with Gasteiger partial charge in [-0.05, 0) is 45.2 Å². The molecule has 1 aliphatic rings. The predicted octanol–water partition coefficient (Wildman–Crippen LogP) is 3.86. The minimum atomic E-state index is 0.0512. The summed E-state index contributed by atoms with van der Waals surface area (Å²) in [6.07, 6.45) is 6.06. The van der Waals surface area contributed by atoms with Crippen molar-refractivity contribution in [3.05, 3.63) is 35.4 Å². The summed E-state index contributed by atoms with van der Waals surface area (Å²) in [5.74, 6) is 0. The zero-order chi connectivity index (χ0) is 14.4. The molecule has 0 aliphatic heterocycles. The Morgan fingerprint density at radius 3 is 2.35 bits per heavy atom. The van der Waals surface area contributed by atoms with E-state index in [1.807, 2.05) is 0 Å². The first-order chi connectivity index (χ1) is 9.70. The molecule has 112 valence electrons. The van der Waals surface area contributed by atoms with Crippen LogP contribution in [0.15, 0.2) is 24.3 Å². The maximum Gasteiger partial charge on any atom is 0.0837 e. The smallest absolute Gasteiger partial charge is 0.0837 e. The van der Waals surface area contributed by atoms with Crippen molar-refractivity contribution in [3.63, 3.8) is 0 Å². The number of hydrogen-bond donors (Lipinski definition) is 1. The van der Waals surface area contributed by atoms with Crippen LogP contribution >= 0.6 is 0 Å². The Balaban J connectivity index is 2.14. The number of hydrogen-bond acceptors (Lipinski definition) is 2. The van der Waals surface area contributed by atoms with E-state index in [4.69, 9.17) is 4.74 Å². The number of nitrogens with one attached hydrogen (secondary N) is 1. The van der Waals surface area contributed by atoms with Gasteiger partial charge in [0.25, 0.3) is 0 Å². The fraction of sp³-hybridized carbons (Fsp3) is 0.667. The molecule has 1 aromatic carbocycles. The molecule has 0 saturated heterocycles.